The van der Waals surface area contributed by atoms with Crippen LogP contribution in [0.2, 0.25) is 0 Å². The summed E-state index contributed by atoms with van der Waals surface area (Å²) in [6, 6.07) is 8.63. The Morgan fingerprint density at radius 1 is 1.20 bits per heavy atom. The molecule has 0 spiro atoms. The van der Waals surface area contributed by atoms with Gasteiger partial charge in [0, 0.05) is 10.6 Å². The Bertz CT molecular complexity index is 205. The third-order valence-corrected chi connectivity index (χ3v) is 2.81. The molecule has 1 heteroatoms. The van der Waals surface area contributed by atoms with Crippen molar-refractivity contribution in [3.63, 3.8) is 0 Å². The molecule has 1 heterocycles. The van der Waals surface area contributed by atoms with Crippen molar-refractivity contribution in [3.8, 4) is 0 Å². The minimum absolute atomic E-state index is 1.16. The topological polar surface area (TPSA) is 0 Å². The molecule has 1 aliphatic rings. The van der Waals surface area contributed by atoms with Gasteiger partial charge in [-0.3, -0.25) is 0 Å². The second-order valence-corrected chi connectivity index (χ2v) is 3.47. The van der Waals surface area contributed by atoms with Crippen LogP contribution < -0.4 is 0 Å². The van der Waals surface area contributed by atoms with E-state index >= 15 is 0 Å². The Morgan fingerprint density at radius 3 is 3.00 bits per heavy atom. The van der Waals surface area contributed by atoms with Crippen LogP contribution in [0.1, 0.15) is 5.56 Å². The second kappa shape index (κ2) is 2.67. The maximum atomic E-state index is 2.33. The van der Waals surface area contributed by atoms with Gasteiger partial charge in [0.15, 0.2) is 0 Å². The molecular weight excluding hydrogens is 140 g/mol. The average molecular weight is 149 g/mol. The monoisotopic (exact) mass is 149 g/mol. The fourth-order valence-corrected chi connectivity index (χ4v) is 2.10. The van der Waals surface area contributed by atoms with Gasteiger partial charge in [0.05, 0.1) is 0 Å². The normalized spacial score (nSPS) is 16.4. The number of rotatable bonds is 0. The zero-order valence-corrected chi connectivity index (χ0v) is 6.53. The van der Waals surface area contributed by atoms with Crippen LogP contribution in [-0.4, -0.2) is 5.75 Å². The maximum absolute atomic E-state index is 2.33. The average Bonchev–Trinajstić information content (AvgIpc) is 2.05. The van der Waals surface area contributed by atoms with Crippen LogP contribution in [0.3, 0.4) is 0 Å². The Morgan fingerprint density at radius 2 is 2.10 bits per heavy atom. The van der Waals surface area contributed by atoms with Crippen LogP contribution in [0, 0.1) is 6.42 Å². The zero-order chi connectivity index (χ0) is 6.81. The van der Waals surface area contributed by atoms with Crippen LogP contribution in [0.4, 0.5) is 0 Å². The molecule has 0 aromatic heterocycles. The molecule has 1 aromatic carbocycles. The van der Waals surface area contributed by atoms with Gasteiger partial charge in [0.1, 0.15) is 0 Å². The third kappa shape index (κ3) is 1.06. The largest absolute Gasteiger partial charge is 0.126 e. The Hall–Kier alpha value is -0.430. The summed E-state index contributed by atoms with van der Waals surface area (Å²) in [6.07, 6.45) is 3.48. The molecular formula is C9H9S. The molecule has 0 bridgehead atoms. The molecule has 0 saturated carbocycles. The number of benzene rings is 1. The van der Waals surface area contributed by atoms with Crippen LogP contribution in [0.15, 0.2) is 29.2 Å². The molecule has 1 aromatic rings. The highest BCUT2D eigenvalue weighted by Gasteiger charge is 2.06. The van der Waals surface area contributed by atoms with Crippen molar-refractivity contribution in [1.82, 2.24) is 0 Å². The van der Waals surface area contributed by atoms with Crippen molar-refractivity contribution in [2.75, 3.05) is 5.75 Å². The van der Waals surface area contributed by atoms with E-state index in [1.807, 2.05) is 11.8 Å². The minimum atomic E-state index is 1.16. The smallest absolute Gasteiger partial charge is 0.0104 e. The summed E-state index contributed by atoms with van der Waals surface area (Å²) in [5, 5.41) is 0. The molecule has 0 aliphatic carbocycles. The molecule has 0 N–H and O–H groups in total. The molecule has 1 radical (unpaired) electrons. The first-order chi connectivity index (χ1) is 4.97. The highest BCUT2D eigenvalue weighted by molar-refractivity contribution is 7.99. The van der Waals surface area contributed by atoms with E-state index in [0.717, 1.165) is 6.42 Å². The standard InChI is InChI=1S/C9H9S/c1-2-6-9-8(4-1)5-3-7-10-9/h1-4,6H,5,7H2. The van der Waals surface area contributed by atoms with Gasteiger partial charge in [-0.2, -0.15) is 0 Å². The Kier molecular flexibility index (Phi) is 1.68. The molecule has 0 nitrogen and oxygen atoms in total. The SMILES string of the molecule is [CH]1CSc2ccccc2C1. The molecule has 10 heavy (non-hydrogen) atoms. The molecule has 0 unspecified atom stereocenters. The summed E-state index contributed by atoms with van der Waals surface area (Å²) in [4.78, 5) is 1.46. The fourth-order valence-electron chi connectivity index (χ4n) is 1.18. The summed E-state index contributed by atoms with van der Waals surface area (Å²) in [7, 11) is 0. The van der Waals surface area contributed by atoms with Gasteiger partial charge in [-0.25, -0.2) is 0 Å². The molecule has 0 atom stereocenters. The summed E-state index contributed by atoms with van der Waals surface area (Å²) in [5.41, 5.74) is 1.48. The highest BCUT2D eigenvalue weighted by Crippen LogP contribution is 2.28. The molecule has 2 rings (SSSR count). The minimum Gasteiger partial charge on any atom is -0.126 e. The molecule has 0 saturated heterocycles. The van der Waals surface area contributed by atoms with Gasteiger partial charge in [-0.1, -0.05) is 18.2 Å². The molecule has 0 fully saturated rings. The van der Waals surface area contributed by atoms with Crippen molar-refractivity contribution in [2.45, 2.75) is 11.3 Å². The van der Waals surface area contributed by atoms with Gasteiger partial charge in [0.2, 0.25) is 0 Å². The first-order valence-electron chi connectivity index (χ1n) is 3.49. The first-order valence-corrected chi connectivity index (χ1v) is 4.48. The second-order valence-electron chi connectivity index (χ2n) is 2.41. The van der Waals surface area contributed by atoms with Crippen molar-refractivity contribution in [2.24, 2.45) is 0 Å². The van der Waals surface area contributed by atoms with Gasteiger partial charge in [-0.15, -0.1) is 11.8 Å². The Labute approximate surface area is 65.6 Å². The first kappa shape index (κ1) is 6.29. The van der Waals surface area contributed by atoms with Gasteiger partial charge in [0.25, 0.3) is 0 Å². The Balaban J connectivity index is 2.41. The van der Waals surface area contributed by atoms with Crippen LogP contribution in [-0.2, 0) is 6.42 Å². The van der Waals surface area contributed by atoms with Crippen molar-refractivity contribution < 1.29 is 0 Å². The summed E-state index contributed by atoms with van der Waals surface area (Å²) in [6.45, 7) is 0. The van der Waals surface area contributed by atoms with E-state index in [4.69, 9.17) is 0 Å². The number of hydrogen-bond acceptors (Lipinski definition) is 1. The summed E-state index contributed by atoms with van der Waals surface area (Å²) < 4.78 is 0. The molecule has 51 valence electrons. The van der Waals surface area contributed by atoms with Gasteiger partial charge in [-0.05, 0) is 24.5 Å². The predicted molar refractivity (Wildman–Crippen MR) is 45.2 cm³/mol. The third-order valence-electron chi connectivity index (χ3n) is 1.69. The van der Waals surface area contributed by atoms with E-state index in [1.54, 1.807) is 0 Å². The fraction of sp³-hybridized carbons (Fsp3) is 0.222. The van der Waals surface area contributed by atoms with E-state index in [2.05, 4.69) is 30.7 Å². The van der Waals surface area contributed by atoms with Gasteiger partial charge < -0.3 is 0 Å². The predicted octanol–water partition coefficient (Wildman–Crippen LogP) is 2.54. The summed E-state index contributed by atoms with van der Waals surface area (Å²) in [5.74, 6) is 1.18. The van der Waals surface area contributed by atoms with E-state index in [0.29, 0.717) is 0 Å². The molecule has 0 amide bonds. The van der Waals surface area contributed by atoms with Crippen molar-refractivity contribution >= 4 is 11.8 Å². The maximum Gasteiger partial charge on any atom is 0.0104 e. The van der Waals surface area contributed by atoms with Crippen LogP contribution in [0.25, 0.3) is 0 Å². The number of hydrogen-bond donors (Lipinski definition) is 0. The quantitative estimate of drug-likeness (QED) is 0.546. The van der Waals surface area contributed by atoms with E-state index < -0.39 is 0 Å². The van der Waals surface area contributed by atoms with E-state index in [1.165, 1.54) is 16.2 Å². The lowest BCUT2D eigenvalue weighted by molar-refractivity contribution is 1.07. The van der Waals surface area contributed by atoms with Crippen LogP contribution >= 0.6 is 11.8 Å². The van der Waals surface area contributed by atoms with E-state index in [9.17, 15) is 0 Å². The van der Waals surface area contributed by atoms with Crippen LogP contribution in [0.5, 0.6) is 0 Å². The highest BCUT2D eigenvalue weighted by atomic mass is 32.2. The van der Waals surface area contributed by atoms with Crippen molar-refractivity contribution in [1.29, 1.82) is 0 Å². The lowest BCUT2D eigenvalue weighted by Gasteiger charge is -2.13. The van der Waals surface area contributed by atoms with Crippen molar-refractivity contribution in [3.05, 3.63) is 36.2 Å². The zero-order valence-electron chi connectivity index (χ0n) is 5.71. The lowest BCUT2D eigenvalue weighted by atomic mass is 10.1. The van der Waals surface area contributed by atoms with Gasteiger partial charge >= 0.3 is 0 Å². The summed E-state index contributed by atoms with van der Waals surface area (Å²) >= 11 is 1.93. The number of thioether (sulfide) groups is 1. The number of fused-ring (bicyclic) bond motifs is 1. The molecule has 1 aliphatic heterocycles. The van der Waals surface area contributed by atoms with E-state index in [-0.39, 0.29) is 0 Å². The lowest BCUT2D eigenvalue weighted by Crippen LogP contribution is -1.97.